The molecule has 0 saturated carbocycles. The normalized spacial score (nSPS) is 20.3. The van der Waals surface area contributed by atoms with Crippen LogP contribution in [-0.4, -0.2) is 50.3 Å². The molecule has 1 aliphatic rings. The third-order valence-electron chi connectivity index (χ3n) is 4.25. The summed E-state index contributed by atoms with van der Waals surface area (Å²) in [6.45, 7) is 5.53. The summed E-state index contributed by atoms with van der Waals surface area (Å²) in [6.07, 6.45) is 7.13. The van der Waals surface area contributed by atoms with Gasteiger partial charge in [-0.2, -0.15) is 5.10 Å². The maximum atomic E-state index is 12.7. The molecule has 1 amide bonds. The van der Waals surface area contributed by atoms with E-state index in [0.717, 1.165) is 30.6 Å². The number of nitrogens with one attached hydrogen (secondary N) is 1. The number of amides is 1. The van der Waals surface area contributed by atoms with Crippen LogP contribution in [0.3, 0.4) is 0 Å². The Bertz CT molecular complexity index is 664. The fourth-order valence-electron chi connectivity index (χ4n) is 3.04. The van der Waals surface area contributed by atoms with Gasteiger partial charge in [-0.1, -0.05) is 0 Å². The van der Waals surface area contributed by atoms with Gasteiger partial charge in [-0.25, -0.2) is 4.98 Å². The number of H-pyrrole nitrogens is 1. The Hall–Kier alpha value is -2.15. The molecule has 0 bridgehead atoms. The second-order valence-electron chi connectivity index (χ2n) is 6.14. The van der Waals surface area contributed by atoms with Crippen molar-refractivity contribution in [1.82, 2.24) is 24.6 Å². The molecule has 1 aliphatic heterocycles. The summed E-state index contributed by atoms with van der Waals surface area (Å²) in [5.41, 5.74) is 2.47. The van der Waals surface area contributed by atoms with Crippen molar-refractivity contribution >= 4 is 5.91 Å². The molecular formula is C16H23N5O2. The molecule has 2 aromatic heterocycles. The summed E-state index contributed by atoms with van der Waals surface area (Å²) >= 11 is 0. The van der Waals surface area contributed by atoms with Gasteiger partial charge in [0.1, 0.15) is 0 Å². The maximum absolute atomic E-state index is 12.7. The Morgan fingerprint density at radius 1 is 1.52 bits per heavy atom. The first kappa shape index (κ1) is 15.7. The highest BCUT2D eigenvalue weighted by Gasteiger charge is 2.30. The molecule has 23 heavy (non-hydrogen) atoms. The first-order chi connectivity index (χ1) is 11.1. The van der Waals surface area contributed by atoms with Gasteiger partial charge in [0.05, 0.1) is 24.2 Å². The van der Waals surface area contributed by atoms with E-state index in [1.165, 1.54) is 0 Å². The summed E-state index contributed by atoms with van der Waals surface area (Å²) in [5, 5.41) is 7.23. The number of carbonyl (C=O) groups is 1. The van der Waals surface area contributed by atoms with Gasteiger partial charge in [0.25, 0.3) is 5.91 Å². The van der Waals surface area contributed by atoms with Gasteiger partial charge in [-0.05, 0) is 20.3 Å². The third kappa shape index (κ3) is 3.29. The molecule has 0 saturated heterocycles. The number of imidazole rings is 1. The van der Waals surface area contributed by atoms with Crippen molar-refractivity contribution in [2.24, 2.45) is 0 Å². The average molecular weight is 317 g/mol. The third-order valence-corrected chi connectivity index (χ3v) is 4.25. The summed E-state index contributed by atoms with van der Waals surface area (Å²) in [6, 6.07) is 0. The second-order valence-corrected chi connectivity index (χ2v) is 6.14. The Morgan fingerprint density at radius 2 is 2.35 bits per heavy atom. The molecule has 3 heterocycles. The van der Waals surface area contributed by atoms with Crippen LogP contribution in [0.2, 0.25) is 0 Å². The van der Waals surface area contributed by atoms with E-state index in [9.17, 15) is 4.79 Å². The number of ether oxygens (including phenoxy) is 1. The fourth-order valence-corrected chi connectivity index (χ4v) is 3.04. The highest BCUT2D eigenvalue weighted by Crippen LogP contribution is 2.30. The zero-order valence-corrected chi connectivity index (χ0v) is 13.8. The fraction of sp³-hybridized carbons (Fsp3) is 0.562. The number of hydrogen-bond donors (Lipinski definition) is 1. The molecule has 3 rings (SSSR count). The number of aromatic amines is 1. The summed E-state index contributed by atoms with van der Waals surface area (Å²) < 4.78 is 7.78. The van der Waals surface area contributed by atoms with Crippen LogP contribution in [0.15, 0.2) is 18.7 Å². The number of aromatic nitrogens is 4. The van der Waals surface area contributed by atoms with Gasteiger partial charge in [0.2, 0.25) is 0 Å². The van der Waals surface area contributed by atoms with E-state index in [1.54, 1.807) is 17.4 Å². The van der Waals surface area contributed by atoms with Crippen LogP contribution in [0.25, 0.3) is 0 Å². The highest BCUT2D eigenvalue weighted by atomic mass is 16.5. The second kappa shape index (κ2) is 6.54. The predicted octanol–water partition coefficient (Wildman–Crippen LogP) is 1.79. The maximum Gasteiger partial charge on any atom is 0.274 e. The molecule has 1 N–H and O–H groups in total. The summed E-state index contributed by atoms with van der Waals surface area (Å²) in [5.74, 6) is -0.0329. The number of aryl methyl sites for hydroxylation is 1. The molecule has 0 aromatic carbocycles. The van der Waals surface area contributed by atoms with E-state index in [2.05, 4.69) is 15.2 Å². The highest BCUT2D eigenvalue weighted by molar-refractivity contribution is 5.94. The Morgan fingerprint density at radius 3 is 3.09 bits per heavy atom. The molecule has 0 aliphatic carbocycles. The van der Waals surface area contributed by atoms with Gasteiger partial charge >= 0.3 is 0 Å². The van der Waals surface area contributed by atoms with E-state index >= 15 is 0 Å². The standard InChI is InChI=1S/C16H23N5O2/c1-11-9-13-14(12(2)23-11)18-19-15(13)16(22)20(3)6-4-7-21-8-5-17-10-21/h5,8,10-12H,4,6-7,9H2,1-3H3,(H,18,19)/t11-,12+/m1/s1. The minimum absolute atomic E-state index is 0.0329. The largest absolute Gasteiger partial charge is 0.369 e. The molecule has 2 aromatic rings. The van der Waals surface area contributed by atoms with Gasteiger partial charge < -0.3 is 14.2 Å². The first-order valence-corrected chi connectivity index (χ1v) is 8.00. The first-order valence-electron chi connectivity index (χ1n) is 8.00. The lowest BCUT2D eigenvalue weighted by atomic mass is 9.99. The van der Waals surface area contributed by atoms with E-state index in [4.69, 9.17) is 4.74 Å². The molecule has 7 heteroatoms. The monoisotopic (exact) mass is 317 g/mol. The van der Waals surface area contributed by atoms with Crippen LogP contribution in [0.1, 0.15) is 48.1 Å². The number of nitrogens with zero attached hydrogens (tertiary/aromatic N) is 4. The lowest BCUT2D eigenvalue weighted by Gasteiger charge is -2.25. The lowest BCUT2D eigenvalue weighted by molar-refractivity contribution is -0.00701. The van der Waals surface area contributed by atoms with Gasteiger partial charge in [0.15, 0.2) is 5.69 Å². The summed E-state index contributed by atoms with van der Waals surface area (Å²) in [7, 11) is 1.82. The zero-order valence-electron chi connectivity index (χ0n) is 13.8. The molecular weight excluding hydrogens is 294 g/mol. The molecule has 0 spiro atoms. The molecule has 2 atom stereocenters. The molecule has 124 valence electrons. The Balaban J connectivity index is 1.63. The van der Waals surface area contributed by atoms with E-state index in [0.29, 0.717) is 12.2 Å². The van der Waals surface area contributed by atoms with Crippen molar-refractivity contribution < 1.29 is 9.53 Å². The van der Waals surface area contributed by atoms with Gasteiger partial charge in [-0.15, -0.1) is 0 Å². The predicted molar refractivity (Wildman–Crippen MR) is 85.1 cm³/mol. The number of rotatable bonds is 5. The Kier molecular flexibility index (Phi) is 4.47. The molecule has 0 radical (unpaired) electrons. The number of fused-ring (bicyclic) bond motifs is 1. The van der Waals surface area contributed by atoms with Crippen LogP contribution < -0.4 is 0 Å². The smallest absolute Gasteiger partial charge is 0.274 e. The SMILES string of the molecule is C[C@@H]1Cc2c(C(=O)N(C)CCCn3ccnc3)n[nH]c2[C@H](C)O1. The summed E-state index contributed by atoms with van der Waals surface area (Å²) in [4.78, 5) is 18.4. The van der Waals surface area contributed by atoms with Crippen molar-refractivity contribution in [2.75, 3.05) is 13.6 Å². The van der Waals surface area contributed by atoms with Crippen molar-refractivity contribution in [3.63, 3.8) is 0 Å². The Labute approximate surface area is 135 Å². The quantitative estimate of drug-likeness (QED) is 0.912. The molecule has 0 unspecified atom stereocenters. The van der Waals surface area contributed by atoms with Crippen molar-refractivity contribution in [2.45, 2.75) is 45.4 Å². The van der Waals surface area contributed by atoms with Crippen LogP contribution >= 0.6 is 0 Å². The van der Waals surface area contributed by atoms with E-state index in [1.807, 2.05) is 31.7 Å². The van der Waals surface area contributed by atoms with Crippen molar-refractivity contribution in [3.8, 4) is 0 Å². The van der Waals surface area contributed by atoms with Crippen molar-refractivity contribution in [1.29, 1.82) is 0 Å². The molecule has 0 fully saturated rings. The minimum atomic E-state index is -0.0469. The van der Waals surface area contributed by atoms with Gasteiger partial charge in [0, 0.05) is 44.5 Å². The van der Waals surface area contributed by atoms with Crippen LogP contribution in [0.5, 0.6) is 0 Å². The van der Waals surface area contributed by atoms with Crippen LogP contribution in [-0.2, 0) is 17.7 Å². The number of carbonyl (C=O) groups excluding carboxylic acids is 1. The lowest BCUT2D eigenvalue weighted by Crippen LogP contribution is -2.30. The van der Waals surface area contributed by atoms with Gasteiger partial charge in [-0.3, -0.25) is 9.89 Å². The molecule has 7 nitrogen and oxygen atoms in total. The average Bonchev–Trinajstić information content (AvgIpc) is 3.15. The van der Waals surface area contributed by atoms with Crippen LogP contribution in [0, 0.1) is 0 Å². The number of hydrogen-bond acceptors (Lipinski definition) is 4. The topological polar surface area (TPSA) is 76.0 Å². The van der Waals surface area contributed by atoms with E-state index < -0.39 is 0 Å². The minimum Gasteiger partial charge on any atom is -0.369 e. The zero-order chi connectivity index (χ0) is 16.4. The van der Waals surface area contributed by atoms with E-state index in [-0.39, 0.29) is 18.1 Å². The van der Waals surface area contributed by atoms with Crippen molar-refractivity contribution in [3.05, 3.63) is 35.7 Å². The van der Waals surface area contributed by atoms with Crippen LogP contribution in [0.4, 0.5) is 0 Å².